The SMILES string of the molecule is Cc1ccc(C2=NC(NC(C)(C)C)=N/C(=C(/C=N)Nc3cccc(CO[C@H]4CCOC4)c3F)N2)o1. The number of allylic oxidation sites excluding steroid dienone is 1. The average molecular weight is 483 g/mol. The molecule has 35 heavy (non-hydrogen) atoms. The van der Waals surface area contributed by atoms with Gasteiger partial charge < -0.3 is 35.3 Å². The lowest BCUT2D eigenvalue weighted by molar-refractivity contribution is 0.0305. The highest BCUT2D eigenvalue weighted by atomic mass is 19.1. The molecule has 4 rings (SSSR count). The quantitative estimate of drug-likeness (QED) is 0.443. The fraction of sp³-hybridized carbons (Fsp3) is 0.400. The summed E-state index contributed by atoms with van der Waals surface area (Å²) in [5.74, 6) is 1.88. The minimum Gasteiger partial charge on any atom is -0.458 e. The van der Waals surface area contributed by atoms with Gasteiger partial charge >= 0.3 is 0 Å². The van der Waals surface area contributed by atoms with Gasteiger partial charge in [-0.25, -0.2) is 4.39 Å². The minimum atomic E-state index is -0.449. The van der Waals surface area contributed by atoms with Crippen molar-refractivity contribution in [1.29, 1.82) is 5.41 Å². The van der Waals surface area contributed by atoms with Crippen molar-refractivity contribution in [2.75, 3.05) is 18.5 Å². The van der Waals surface area contributed by atoms with E-state index in [1.165, 1.54) is 0 Å². The highest BCUT2D eigenvalue weighted by molar-refractivity contribution is 6.07. The summed E-state index contributed by atoms with van der Waals surface area (Å²) in [5.41, 5.74) is 0.577. The Morgan fingerprint density at radius 2 is 2.11 bits per heavy atom. The number of hydrogen-bond acceptors (Lipinski definition) is 9. The van der Waals surface area contributed by atoms with Crippen molar-refractivity contribution in [2.45, 2.75) is 52.4 Å². The van der Waals surface area contributed by atoms with E-state index in [9.17, 15) is 0 Å². The lowest BCUT2D eigenvalue weighted by atomic mass is 10.1. The van der Waals surface area contributed by atoms with Crippen LogP contribution >= 0.6 is 0 Å². The van der Waals surface area contributed by atoms with Crippen LogP contribution < -0.4 is 16.0 Å². The van der Waals surface area contributed by atoms with E-state index in [0.717, 1.165) is 18.4 Å². The van der Waals surface area contributed by atoms with Gasteiger partial charge in [0.1, 0.15) is 5.76 Å². The van der Waals surface area contributed by atoms with Crippen molar-refractivity contribution < 1.29 is 18.3 Å². The number of halogens is 1. The minimum absolute atomic E-state index is 0.0253. The van der Waals surface area contributed by atoms with E-state index in [4.69, 9.17) is 19.3 Å². The summed E-state index contributed by atoms with van der Waals surface area (Å²) in [5, 5.41) is 17.3. The molecule has 1 saturated heterocycles. The second-order valence-corrected chi connectivity index (χ2v) is 9.41. The fourth-order valence-corrected chi connectivity index (χ4v) is 3.55. The molecule has 2 aromatic rings. The maximum Gasteiger partial charge on any atom is 0.227 e. The molecule has 4 N–H and O–H groups in total. The number of amidine groups is 1. The number of guanidine groups is 1. The Morgan fingerprint density at radius 1 is 1.29 bits per heavy atom. The van der Waals surface area contributed by atoms with Crippen molar-refractivity contribution >= 4 is 23.7 Å². The van der Waals surface area contributed by atoms with Crippen LogP contribution in [0, 0.1) is 18.2 Å². The van der Waals surface area contributed by atoms with E-state index < -0.39 is 5.82 Å². The van der Waals surface area contributed by atoms with Crippen LogP contribution in [-0.4, -0.2) is 42.9 Å². The molecule has 0 spiro atoms. The third-order valence-corrected chi connectivity index (χ3v) is 5.24. The maximum atomic E-state index is 15.3. The molecule has 2 aliphatic rings. The monoisotopic (exact) mass is 482 g/mol. The zero-order chi connectivity index (χ0) is 25.0. The molecule has 1 atom stereocenters. The van der Waals surface area contributed by atoms with Crippen molar-refractivity contribution in [1.82, 2.24) is 10.6 Å². The van der Waals surface area contributed by atoms with E-state index in [1.807, 2.05) is 33.8 Å². The van der Waals surface area contributed by atoms with Crippen molar-refractivity contribution in [2.24, 2.45) is 9.98 Å². The van der Waals surface area contributed by atoms with E-state index in [2.05, 4.69) is 25.9 Å². The summed E-state index contributed by atoms with van der Waals surface area (Å²) < 4.78 is 32.1. The van der Waals surface area contributed by atoms with Crippen LogP contribution in [0.4, 0.5) is 10.1 Å². The number of rotatable bonds is 7. The zero-order valence-corrected chi connectivity index (χ0v) is 20.4. The number of anilines is 1. The fourth-order valence-electron chi connectivity index (χ4n) is 3.55. The normalized spacial score (nSPS) is 19.5. The Balaban J connectivity index is 1.61. The number of aryl methyl sites for hydroxylation is 1. The first-order chi connectivity index (χ1) is 16.7. The van der Waals surface area contributed by atoms with E-state index in [-0.39, 0.29) is 29.6 Å². The summed E-state index contributed by atoms with van der Waals surface area (Å²) in [6.07, 6.45) is 1.86. The summed E-state index contributed by atoms with van der Waals surface area (Å²) >= 11 is 0. The number of furan rings is 1. The molecule has 186 valence electrons. The largest absolute Gasteiger partial charge is 0.458 e. The number of aliphatic imine (C=N–C) groups is 2. The first kappa shape index (κ1) is 24.6. The van der Waals surface area contributed by atoms with Crippen molar-refractivity contribution in [3.63, 3.8) is 0 Å². The van der Waals surface area contributed by atoms with Crippen LogP contribution in [0.2, 0.25) is 0 Å². The van der Waals surface area contributed by atoms with E-state index in [1.54, 1.807) is 24.3 Å². The second-order valence-electron chi connectivity index (χ2n) is 9.41. The lowest BCUT2D eigenvalue weighted by Crippen LogP contribution is -2.43. The molecule has 0 unspecified atom stereocenters. The number of nitrogens with zero attached hydrogens (tertiary/aromatic N) is 2. The van der Waals surface area contributed by atoms with E-state index >= 15 is 4.39 Å². The zero-order valence-electron chi connectivity index (χ0n) is 20.4. The predicted molar refractivity (Wildman–Crippen MR) is 133 cm³/mol. The summed E-state index contributed by atoms with van der Waals surface area (Å²) in [7, 11) is 0. The van der Waals surface area contributed by atoms with Crippen LogP contribution in [0.5, 0.6) is 0 Å². The predicted octanol–water partition coefficient (Wildman–Crippen LogP) is 4.06. The number of nitrogens with one attached hydrogen (secondary N) is 4. The molecular formula is C25H31FN6O3. The van der Waals surface area contributed by atoms with Crippen LogP contribution in [0.3, 0.4) is 0 Å². The molecule has 3 heterocycles. The van der Waals surface area contributed by atoms with Crippen molar-refractivity contribution in [3.8, 4) is 0 Å². The van der Waals surface area contributed by atoms with E-state index in [0.29, 0.717) is 42.2 Å². The molecule has 0 bridgehead atoms. The molecule has 0 saturated carbocycles. The van der Waals surface area contributed by atoms with Gasteiger partial charge in [-0.1, -0.05) is 12.1 Å². The molecule has 1 fully saturated rings. The van der Waals surface area contributed by atoms with Gasteiger partial charge in [-0.15, -0.1) is 0 Å². The first-order valence-corrected chi connectivity index (χ1v) is 11.5. The van der Waals surface area contributed by atoms with Crippen LogP contribution in [0.15, 0.2) is 56.3 Å². The third kappa shape index (κ3) is 6.34. The Morgan fingerprint density at radius 3 is 2.77 bits per heavy atom. The molecule has 2 aliphatic heterocycles. The second kappa shape index (κ2) is 10.4. The highest BCUT2D eigenvalue weighted by Gasteiger charge is 2.23. The first-order valence-electron chi connectivity index (χ1n) is 11.5. The Bertz CT molecular complexity index is 1170. The van der Waals surface area contributed by atoms with Gasteiger partial charge in [0.15, 0.2) is 23.2 Å². The summed E-state index contributed by atoms with van der Waals surface area (Å²) in [6.45, 7) is 9.13. The van der Waals surface area contributed by atoms with Gasteiger partial charge in [0.05, 0.1) is 30.7 Å². The average Bonchev–Trinajstić information content (AvgIpc) is 3.48. The topological polar surface area (TPSA) is 116 Å². The lowest BCUT2D eigenvalue weighted by Gasteiger charge is -2.25. The molecule has 1 aromatic heterocycles. The molecule has 1 aromatic carbocycles. The molecule has 0 amide bonds. The summed E-state index contributed by atoms with van der Waals surface area (Å²) in [4.78, 5) is 9.06. The van der Waals surface area contributed by atoms with Crippen molar-refractivity contribution in [3.05, 3.63) is 64.8 Å². The van der Waals surface area contributed by atoms with Gasteiger partial charge in [-0.3, -0.25) is 0 Å². The smallest absolute Gasteiger partial charge is 0.227 e. The summed E-state index contributed by atoms with van der Waals surface area (Å²) in [6, 6.07) is 8.66. The number of hydrogen-bond donors (Lipinski definition) is 4. The highest BCUT2D eigenvalue weighted by Crippen LogP contribution is 2.23. The third-order valence-electron chi connectivity index (χ3n) is 5.24. The van der Waals surface area contributed by atoms with Gasteiger partial charge in [0.25, 0.3) is 0 Å². The number of benzene rings is 1. The Labute approximate surface area is 204 Å². The maximum absolute atomic E-state index is 15.3. The molecule has 9 nitrogen and oxygen atoms in total. The van der Waals surface area contributed by atoms with Crippen LogP contribution in [0.25, 0.3) is 0 Å². The van der Waals surface area contributed by atoms with Gasteiger partial charge in [0, 0.05) is 23.9 Å². The van der Waals surface area contributed by atoms with Gasteiger partial charge in [0.2, 0.25) is 5.96 Å². The van der Waals surface area contributed by atoms with Gasteiger partial charge in [-0.2, -0.15) is 9.98 Å². The molecular weight excluding hydrogens is 451 g/mol. The van der Waals surface area contributed by atoms with Crippen LogP contribution in [-0.2, 0) is 16.1 Å². The molecule has 10 heteroatoms. The van der Waals surface area contributed by atoms with Gasteiger partial charge in [-0.05, 0) is 52.3 Å². The Kier molecular flexibility index (Phi) is 7.32. The van der Waals surface area contributed by atoms with Crippen LogP contribution in [0.1, 0.15) is 44.3 Å². The Hall–Kier alpha value is -3.50. The molecule has 0 radical (unpaired) electrons. The standard InChI is InChI=1S/C25H31FN6O3/c1-15-8-9-20(35-15)23-29-22(30-24(31-23)32-25(2,3)4)19(12-27)28-18-7-5-6-16(21(18)26)13-34-17-10-11-33-14-17/h5-9,12,17,27-28H,10-11,13-14H2,1-4H3,(H2,29,30,31,32)/b22-19-,27-12?/t17-/m0/s1. The number of ether oxygens (including phenoxy) is 2. The molecule has 0 aliphatic carbocycles.